The van der Waals surface area contributed by atoms with Gasteiger partial charge in [-0.2, -0.15) is 0 Å². The number of carbonyl (C=O) groups is 1. The fraction of sp³-hybridized carbons (Fsp3) is 0.545. The van der Waals surface area contributed by atoms with Crippen LogP contribution in [0.3, 0.4) is 0 Å². The molecule has 0 fully saturated rings. The maximum Gasteiger partial charge on any atom is 0.158 e. The summed E-state index contributed by atoms with van der Waals surface area (Å²) in [5, 5.41) is 0. The maximum atomic E-state index is 11.2. The van der Waals surface area contributed by atoms with E-state index in [1.807, 2.05) is 26.8 Å². The summed E-state index contributed by atoms with van der Waals surface area (Å²) in [6, 6.07) is 0. The van der Waals surface area contributed by atoms with Crippen LogP contribution in [0.4, 0.5) is 0 Å². The molecule has 0 saturated carbocycles. The van der Waals surface area contributed by atoms with Crippen molar-refractivity contribution >= 4 is 5.78 Å². The summed E-state index contributed by atoms with van der Waals surface area (Å²) in [6.07, 6.45) is 4.20. The van der Waals surface area contributed by atoms with Gasteiger partial charge in [-0.3, -0.25) is 4.79 Å². The van der Waals surface area contributed by atoms with Crippen LogP contribution in [-0.2, 0) is 4.79 Å². The Hall–Kier alpha value is -1.03. The summed E-state index contributed by atoms with van der Waals surface area (Å²) in [4.78, 5) is 11.2. The standard InChI is InChI=1S/C11H16O/c1-4-6-7-8-9-11(12)10(3)5-2/h5H,7-9H2,1-3H3/b10-5+. The third kappa shape index (κ3) is 4.73. The van der Waals surface area contributed by atoms with Gasteiger partial charge in [0.1, 0.15) is 0 Å². The van der Waals surface area contributed by atoms with Crippen LogP contribution < -0.4 is 0 Å². The second-order valence-corrected chi connectivity index (χ2v) is 2.68. The molecular weight excluding hydrogens is 148 g/mol. The van der Waals surface area contributed by atoms with Crippen LogP contribution in [0, 0.1) is 11.8 Å². The molecule has 0 N–H and O–H groups in total. The van der Waals surface area contributed by atoms with Crippen molar-refractivity contribution in [3.05, 3.63) is 11.6 Å². The van der Waals surface area contributed by atoms with E-state index < -0.39 is 0 Å². The van der Waals surface area contributed by atoms with Crippen molar-refractivity contribution in [2.24, 2.45) is 0 Å². The lowest BCUT2D eigenvalue weighted by Crippen LogP contribution is -1.98. The van der Waals surface area contributed by atoms with Crippen molar-refractivity contribution in [2.75, 3.05) is 0 Å². The molecule has 12 heavy (non-hydrogen) atoms. The molecule has 0 unspecified atom stereocenters. The third-order valence-corrected chi connectivity index (χ3v) is 1.76. The first kappa shape index (κ1) is 11.0. The second kappa shape index (κ2) is 6.67. The van der Waals surface area contributed by atoms with Gasteiger partial charge >= 0.3 is 0 Å². The second-order valence-electron chi connectivity index (χ2n) is 2.68. The molecule has 1 heteroatoms. The Morgan fingerprint density at radius 2 is 2.17 bits per heavy atom. The molecule has 0 amide bonds. The molecule has 0 spiro atoms. The number of allylic oxidation sites excluding steroid dienone is 2. The highest BCUT2D eigenvalue weighted by molar-refractivity contribution is 5.94. The lowest BCUT2D eigenvalue weighted by Gasteiger charge is -1.96. The Bertz CT molecular complexity index is 225. The van der Waals surface area contributed by atoms with Gasteiger partial charge in [-0.1, -0.05) is 6.08 Å². The SMILES string of the molecule is CC#CCCCC(=O)/C(C)=C/C. The molecule has 66 valence electrons. The van der Waals surface area contributed by atoms with Gasteiger partial charge in [-0.05, 0) is 32.8 Å². The normalized spacial score (nSPS) is 10.4. The van der Waals surface area contributed by atoms with Crippen molar-refractivity contribution in [3.63, 3.8) is 0 Å². The number of Topliss-reactive ketones (excluding diaryl/α,β-unsaturated/α-hetero) is 1. The number of rotatable bonds is 4. The van der Waals surface area contributed by atoms with Gasteiger partial charge < -0.3 is 0 Å². The Balaban J connectivity index is 3.63. The van der Waals surface area contributed by atoms with E-state index >= 15 is 0 Å². The van der Waals surface area contributed by atoms with Gasteiger partial charge in [0.2, 0.25) is 0 Å². The first-order chi connectivity index (χ1) is 5.72. The smallest absolute Gasteiger partial charge is 0.158 e. The van der Waals surface area contributed by atoms with Crippen molar-refractivity contribution in [1.82, 2.24) is 0 Å². The number of ketones is 1. The molecule has 0 aromatic heterocycles. The predicted molar refractivity (Wildman–Crippen MR) is 51.7 cm³/mol. The first-order valence-electron chi connectivity index (χ1n) is 4.28. The van der Waals surface area contributed by atoms with E-state index in [0.29, 0.717) is 6.42 Å². The Morgan fingerprint density at radius 1 is 1.50 bits per heavy atom. The Morgan fingerprint density at radius 3 is 2.67 bits per heavy atom. The number of unbranched alkanes of at least 4 members (excludes halogenated alkanes) is 1. The summed E-state index contributed by atoms with van der Waals surface area (Å²) in [6.45, 7) is 5.56. The Labute approximate surface area is 74.9 Å². The highest BCUT2D eigenvalue weighted by Gasteiger charge is 2.01. The number of hydrogen-bond donors (Lipinski definition) is 0. The van der Waals surface area contributed by atoms with E-state index in [9.17, 15) is 4.79 Å². The molecule has 0 aromatic rings. The zero-order chi connectivity index (χ0) is 9.40. The average molecular weight is 164 g/mol. The van der Waals surface area contributed by atoms with Crippen molar-refractivity contribution < 1.29 is 4.79 Å². The molecule has 0 aliphatic carbocycles. The zero-order valence-electron chi connectivity index (χ0n) is 8.11. The van der Waals surface area contributed by atoms with E-state index in [2.05, 4.69) is 11.8 Å². The summed E-state index contributed by atoms with van der Waals surface area (Å²) in [5.74, 6) is 5.99. The molecule has 0 bridgehead atoms. The van der Waals surface area contributed by atoms with E-state index in [0.717, 1.165) is 18.4 Å². The largest absolute Gasteiger partial charge is 0.295 e. The molecule has 0 heterocycles. The van der Waals surface area contributed by atoms with E-state index in [1.54, 1.807) is 0 Å². The Kier molecular flexibility index (Phi) is 6.09. The lowest BCUT2D eigenvalue weighted by molar-refractivity contribution is -0.115. The molecule has 0 aliphatic rings. The molecule has 0 rings (SSSR count). The summed E-state index contributed by atoms with van der Waals surface area (Å²) in [7, 11) is 0. The number of carbonyl (C=O) groups excluding carboxylic acids is 1. The molecule has 0 aliphatic heterocycles. The number of hydrogen-bond acceptors (Lipinski definition) is 1. The molecular formula is C11H16O. The molecule has 0 atom stereocenters. The summed E-state index contributed by atoms with van der Waals surface area (Å²) >= 11 is 0. The maximum absolute atomic E-state index is 11.2. The van der Waals surface area contributed by atoms with Gasteiger partial charge in [0.05, 0.1) is 0 Å². The fourth-order valence-corrected chi connectivity index (χ4v) is 0.820. The van der Waals surface area contributed by atoms with Crippen molar-refractivity contribution in [2.45, 2.75) is 40.0 Å². The first-order valence-corrected chi connectivity index (χ1v) is 4.28. The minimum atomic E-state index is 0.246. The highest BCUT2D eigenvalue weighted by atomic mass is 16.1. The van der Waals surface area contributed by atoms with Crippen molar-refractivity contribution in [3.8, 4) is 11.8 Å². The molecule has 0 radical (unpaired) electrons. The minimum absolute atomic E-state index is 0.246. The van der Waals surface area contributed by atoms with Gasteiger partial charge in [-0.15, -0.1) is 11.8 Å². The minimum Gasteiger partial charge on any atom is -0.295 e. The van der Waals surface area contributed by atoms with Crippen LogP contribution in [0.2, 0.25) is 0 Å². The fourth-order valence-electron chi connectivity index (χ4n) is 0.820. The average Bonchev–Trinajstić information content (AvgIpc) is 2.10. The van der Waals surface area contributed by atoms with Crippen LogP contribution in [0.15, 0.2) is 11.6 Å². The van der Waals surface area contributed by atoms with E-state index in [1.165, 1.54) is 0 Å². The summed E-state index contributed by atoms with van der Waals surface area (Å²) < 4.78 is 0. The van der Waals surface area contributed by atoms with Crippen LogP contribution in [0.5, 0.6) is 0 Å². The molecule has 0 aromatic carbocycles. The quantitative estimate of drug-likeness (QED) is 0.355. The van der Waals surface area contributed by atoms with Crippen LogP contribution >= 0.6 is 0 Å². The topological polar surface area (TPSA) is 17.1 Å². The molecule has 1 nitrogen and oxygen atoms in total. The monoisotopic (exact) mass is 164 g/mol. The van der Waals surface area contributed by atoms with Crippen LogP contribution in [0.25, 0.3) is 0 Å². The third-order valence-electron chi connectivity index (χ3n) is 1.76. The van der Waals surface area contributed by atoms with Gasteiger partial charge in [0, 0.05) is 12.8 Å². The van der Waals surface area contributed by atoms with Gasteiger partial charge in [0.25, 0.3) is 0 Å². The highest BCUT2D eigenvalue weighted by Crippen LogP contribution is 2.03. The van der Waals surface area contributed by atoms with E-state index in [-0.39, 0.29) is 5.78 Å². The lowest BCUT2D eigenvalue weighted by atomic mass is 10.1. The summed E-state index contributed by atoms with van der Waals surface area (Å²) in [5.41, 5.74) is 0.861. The molecule has 0 saturated heterocycles. The van der Waals surface area contributed by atoms with Crippen LogP contribution in [-0.4, -0.2) is 5.78 Å². The van der Waals surface area contributed by atoms with Gasteiger partial charge in [-0.25, -0.2) is 0 Å². The van der Waals surface area contributed by atoms with E-state index in [4.69, 9.17) is 0 Å². The van der Waals surface area contributed by atoms with Crippen molar-refractivity contribution in [1.29, 1.82) is 0 Å². The predicted octanol–water partition coefficient (Wildman–Crippen LogP) is 2.72. The van der Waals surface area contributed by atoms with Gasteiger partial charge in [0.15, 0.2) is 5.78 Å². The van der Waals surface area contributed by atoms with Crippen LogP contribution in [0.1, 0.15) is 40.0 Å². The zero-order valence-corrected chi connectivity index (χ0v) is 8.11.